The van der Waals surface area contributed by atoms with Crippen LogP contribution in [0.5, 0.6) is 0 Å². The molecule has 0 radical (unpaired) electrons. The fraction of sp³-hybridized carbons (Fsp3) is 0.353. The van der Waals surface area contributed by atoms with Gasteiger partial charge in [-0.25, -0.2) is 0 Å². The molecule has 1 saturated carbocycles. The first-order valence-electron chi connectivity index (χ1n) is 7.57. The van der Waals surface area contributed by atoms with E-state index in [0.717, 1.165) is 30.2 Å². The molecule has 110 valence electrons. The van der Waals surface area contributed by atoms with Crippen molar-refractivity contribution in [1.29, 1.82) is 5.26 Å². The normalized spacial score (nSPS) is 26.0. The van der Waals surface area contributed by atoms with Gasteiger partial charge in [0.25, 0.3) is 5.91 Å². The molecule has 3 atom stereocenters. The number of carbonyl (C=O) groups excluding carboxylic acids is 1. The number of rotatable bonds is 2. The van der Waals surface area contributed by atoms with Crippen molar-refractivity contribution in [3.05, 3.63) is 41.7 Å². The van der Waals surface area contributed by atoms with E-state index in [-0.39, 0.29) is 11.9 Å². The topological polar surface area (TPSA) is 77.8 Å². The van der Waals surface area contributed by atoms with E-state index in [0.29, 0.717) is 23.2 Å². The zero-order valence-electron chi connectivity index (χ0n) is 12.0. The highest BCUT2D eigenvalue weighted by Crippen LogP contribution is 2.31. The van der Waals surface area contributed by atoms with E-state index >= 15 is 0 Å². The molecule has 1 saturated heterocycles. The summed E-state index contributed by atoms with van der Waals surface area (Å²) in [6.07, 6.45) is 3.89. The van der Waals surface area contributed by atoms with Crippen LogP contribution in [0.2, 0.25) is 0 Å². The number of fused-ring (bicyclic) bond motifs is 3. The lowest BCUT2D eigenvalue weighted by molar-refractivity contribution is 0.0923. The van der Waals surface area contributed by atoms with Gasteiger partial charge in [0.05, 0.1) is 11.6 Å². The number of nitrogens with zero attached hydrogens (tertiary/aromatic N) is 2. The number of piperidine rings is 1. The molecule has 1 aliphatic carbocycles. The zero-order valence-corrected chi connectivity index (χ0v) is 12.0. The van der Waals surface area contributed by atoms with Gasteiger partial charge in [0.15, 0.2) is 0 Å². The van der Waals surface area contributed by atoms with E-state index < -0.39 is 0 Å². The van der Waals surface area contributed by atoms with Crippen molar-refractivity contribution in [1.82, 2.24) is 15.6 Å². The highest BCUT2D eigenvalue weighted by molar-refractivity contribution is 5.96. The molecule has 2 heterocycles. The molecule has 1 aromatic carbocycles. The molecule has 2 N–H and O–H groups in total. The van der Waals surface area contributed by atoms with Crippen LogP contribution in [0.4, 0.5) is 0 Å². The van der Waals surface area contributed by atoms with Gasteiger partial charge in [0.1, 0.15) is 5.69 Å². The van der Waals surface area contributed by atoms with Crippen LogP contribution < -0.4 is 10.6 Å². The van der Waals surface area contributed by atoms with Gasteiger partial charge >= 0.3 is 0 Å². The van der Waals surface area contributed by atoms with Crippen molar-refractivity contribution in [2.75, 3.05) is 6.54 Å². The molecule has 2 aliphatic rings. The molecule has 2 bridgehead atoms. The predicted molar refractivity (Wildman–Crippen MR) is 82.2 cm³/mol. The lowest BCUT2D eigenvalue weighted by Gasteiger charge is -2.23. The number of amides is 1. The average Bonchev–Trinajstić information content (AvgIpc) is 3.16. The standard InChI is InChI=1S/C17H16N4O/c18-7-10-1-2-12-9-20-16(6-13(12)3-10)17(22)21-15-5-11-4-14(15)19-8-11/h1-3,6,9,11,14-15,19H,4-5,8H2,(H,21,22). The first-order valence-corrected chi connectivity index (χ1v) is 7.57. The van der Waals surface area contributed by atoms with Crippen LogP contribution in [0.1, 0.15) is 28.9 Å². The summed E-state index contributed by atoms with van der Waals surface area (Å²) in [5, 5.41) is 17.3. The Balaban J connectivity index is 1.57. The number of nitrogens with one attached hydrogen (secondary N) is 2. The number of aromatic nitrogens is 1. The minimum Gasteiger partial charge on any atom is -0.346 e. The molecule has 2 aromatic rings. The molecule has 2 fully saturated rings. The monoisotopic (exact) mass is 292 g/mol. The summed E-state index contributed by atoms with van der Waals surface area (Å²) in [7, 11) is 0. The molecule has 0 spiro atoms. The van der Waals surface area contributed by atoms with Gasteiger partial charge in [-0.05, 0) is 48.9 Å². The Morgan fingerprint density at radius 2 is 2.23 bits per heavy atom. The highest BCUT2D eigenvalue weighted by atomic mass is 16.1. The summed E-state index contributed by atoms with van der Waals surface area (Å²) in [6.45, 7) is 1.07. The van der Waals surface area contributed by atoms with E-state index in [1.807, 2.05) is 6.07 Å². The number of carbonyl (C=O) groups is 1. The molecular weight excluding hydrogens is 276 g/mol. The summed E-state index contributed by atoms with van der Waals surface area (Å²) in [5.41, 5.74) is 0.993. The van der Waals surface area contributed by atoms with Crippen molar-refractivity contribution < 1.29 is 4.79 Å². The lowest BCUT2D eigenvalue weighted by Crippen LogP contribution is -2.48. The van der Waals surface area contributed by atoms with E-state index in [9.17, 15) is 4.79 Å². The van der Waals surface area contributed by atoms with E-state index in [2.05, 4.69) is 21.7 Å². The van der Waals surface area contributed by atoms with Crippen LogP contribution >= 0.6 is 0 Å². The fourth-order valence-corrected chi connectivity index (χ4v) is 3.59. The Kier molecular flexibility index (Phi) is 3.05. The van der Waals surface area contributed by atoms with Crippen LogP contribution in [0.3, 0.4) is 0 Å². The van der Waals surface area contributed by atoms with Crippen molar-refractivity contribution in [3.63, 3.8) is 0 Å². The lowest BCUT2D eigenvalue weighted by atomic mass is 10.1. The maximum absolute atomic E-state index is 12.4. The van der Waals surface area contributed by atoms with Crippen LogP contribution in [0.15, 0.2) is 30.5 Å². The number of hydrogen-bond donors (Lipinski definition) is 2. The quantitative estimate of drug-likeness (QED) is 0.881. The molecule has 3 unspecified atom stereocenters. The third-order valence-electron chi connectivity index (χ3n) is 4.73. The fourth-order valence-electron chi connectivity index (χ4n) is 3.59. The average molecular weight is 292 g/mol. The number of nitriles is 1. The van der Waals surface area contributed by atoms with E-state index in [4.69, 9.17) is 5.26 Å². The van der Waals surface area contributed by atoms with Gasteiger partial charge < -0.3 is 10.6 Å². The predicted octanol–water partition coefficient (Wildman–Crippen LogP) is 1.59. The summed E-state index contributed by atoms with van der Waals surface area (Å²) in [6, 6.07) is 9.87. The molecular formula is C17H16N4O. The Hall–Kier alpha value is -2.45. The smallest absolute Gasteiger partial charge is 0.270 e. The SMILES string of the molecule is N#Cc1ccc2cnc(C(=O)NC3CC4CNC3C4)cc2c1. The van der Waals surface area contributed by atoms with Gasteiger partial charge in [-0.15, -0.1) is 0 Å². The Bertz CT molecular complexity index is 795. The first-order chi connectivity index (χ1) is 10.7. The maximum atomic E-state index is 12.4. The number of pyridine rings is 1. The molecule has 5 heteroatoms. The van der Waals surface area contributed by atoms with Crippen molar-refractivity contribution in [2.45, 2.75) is 24.9 Å². The van der Waals surface area contributed by atoms with E-state index in [1.165, 1.54) is 0 Å². The molecule has 4 rings (SSSR count). The second-order valence-electron chi connectivity index (χ2n) is 6.18. The van der Waals surface area contributed by atoms with Crippen LogP contribution in [-0.4, -0.2) is 29.5 Å². The number of hydrogen-bond acceptors (Lipinski definition) is 4. The second-order valence-corrected chi connectivity index (χ2v) is 6.18. The third-order valence-corrected chi connectivity index (χ3v) is 4.73. The summed E-state index contributed by atoms with van der Waals surface area (Å²) in [4.78, 5) is 16.7. The van der Waals surface area contributed by atoms with Crippen molar-refractivity contribution in [3.8, 4) is 6.07 Å². The Labute approximate surface area is 128 Å². The third kappa shape index (κ3) is 2.22. The van der Waals surface area contributed by atoms with Gasteiger partial charge in [-0.3, -0.25) is 9.78 Å². The Morgan fingerprint density at radius 1 is 1.32 bits per heavy atom. The minimum atomic E-state index is -0.136. The second kappa shape index (κ2) is 5.08. The zero-order chi connectivity index (χ0) is 15.1. The number of benzene rings is 1. The highest BCUT2D eigenvalue weighted by Gasteiger charge is 2.40. The Morgan fingerprint density at radius 3 is 2.95 bits per heavy atom. The summed E-state index contributed by atoms with van der Waals surface area (Å²) >= 11 is 0. The summed E-state index contributed by atoms with van der Waals surface area (Å²) < 4.78 is 0. The van der Waals surface area contributed by atoms with E-state index in [1.54, 1.807) is 24.4 Å². The van der Waals surface area contributed by atoms with Gasteiger partial charge in [0, 0.05) is 23.7 Å². The van der Waals surface area contributed by atoms with Gasteiger partial charge in [0.2, 0.25) is 0 Å². The van der Waals surface area contributed by atoms with Gasteiger partial charge in [-0.2, -0.15) is 5.26 Å². The maximum Gasteiger partial charge on any atom is 0.270 e. The largest absolute Gasteiger partial charge is 0.346 e. The van der Waals surface area contributed by atoms with Crippen molar-refractivity contribution in [2.24, 2.45) is 5.92 Å². The van der Waals surface area contributed by atoms with Gasteiger partial charge in [-0.1, -0.05) is 6.07 Å². The molecule has 1 amide bonds. The molecule has 22 heavy (non-hydrogen) atoms. The first kappa shape index (κ1) is 13.2. The molecule has 1 aromatic heterocycles. The summed E-state index contributed by atoms with van der Waals surface area (Å²) in [5.74, 6) is 0.557. The van der Waals surface area contributed by atoms with Crippen LogP contribution in [0, 0.1) is 17.2 Å². The molecule has 5 nitrogen and oxygen atoms in total. The van der Waals surface area contributed by atoms with Crippen molar-refractivity contribution >= 4 is 16.7 Å². The molecule has 1 aliphatic heterocycles. The van der Waals surface area contributed by atoms with Crippen LogP contribution in [0.25, 0.3) is 10.8 Å². The van der Waals surface area contributed by atoms with Crippen LogP contribution in [-0.2, 0) is 0 Å². The minimum absolute atomic E-state index is 0.136.